The van der Waals surface area contributed by atoms with Crippen LogP contribution in [0.25, 0.3) is 21.5 Å². The minimum absolute atomic E-state index is 0.321. The fraction of sp³-hybridized carbons (Fsp3) is 0.273. The summed E-state index contributed by atoms with van der Waals surface area (Å²) in [4.78, 5) is 17.2. The highest BCUT2D eigenvalue weighted by Crippen LogP contribution is 2.32. The zero-order chi connectivity index (χ0) is 21.4. The van der Waals surface area contributed by atoms with Crippen molar-refractivity contribution in [2.24, 2.45) is 0 Å². The standard InChI is InChI=1S/C22H20N4O3S/c1-5-28-22(27)20-13(3)24-21(30-20)15-6-7-19-17(8-15)16(9-23)10-26(19)11-18-12(2)25-29-14(18)4/h6-8,10H,5,11H2,1-4H3. The van der Waals surface area contributed by atoms with E-state index in [4.69, 9.17) is 9.26 Å². The van der Waals surface area contributed by atoms with Crippen molar-refractivity contribution in [3.8, 4) is 16.6 Å². The van der Waals surface area contributed by atoms with Crippen LogP contribution in [0, 0.1) is 32.1 Å². The number of nitrogens with zero attached hydrogens (tertiary/aromatic N) is 4. The fourth-order valence-electron chi connectivity index (χ4n) is 3.45. The molecular formula is C22H20N4O3S. The summed E-state index contributed by atoms with van der Waals surface area (Å²) in [6, 6.07) is 8.16. The van der Waals surface area contributed by atoms with Crippen LogP contribution in [0.3, 0.4) is 0 Å². The summed E-state index contributed by atoms with van der Waals surface area (Å²) in [6.45, 7) is 8.26. The Bertz CT molecular complexity index is 1290. The van der Waals surface area contributed by atoms with Crippen LogP contribution in [-0.4, -0.2) is 27.3 Å². The number of aryl methyl sites for hydroxylation is 3. The Morgan fingerprint density at radius 2 is 2.10 bits per heavy atom. The summed E-state index contributed by atoms with van der Waals surface area (Å²) in [5, 5.41) is 15.2. The summed E-state index contributed by atoms with van der Waals surface area (Å²) in [5.74, 6) is 0.414. The van der Waals surface area contributed by atoms with Gasteiger partial charge in [0.1, 0.15) is 21.7 Å². The van der Waals surface area contributed by atoms with Gasteiger partial charge in [-0.2, -0.15) is 5.26 Å². The number of esters is 1. The van der Waals surface area contributed by atoms with E-state index in [0.717, 1.165) is 38.5 Å². The van der Waals surface area contributed by atoms with Crippen molar-refractivity contribution in [3.05, 3.63) is 57.5 Å². The highest BCUT2D eigenvalue weighted by atomic mass is 32.1. The molecule has 8 heteroatoms. The van der Waals surface area contributed by atoms with Crippen LogP contribution >= 0.6 is 11.3 Å². The quantitative estimate of drug-likeness (QED) is 0.432. The molecule has 0 aliphatic heterocycles. The molecule has 152 valence electrons. The Balaban J connectivity index is 1.76. The molecule has 0 aliphatic carbocycles. The summed E-state index contributed by atoms with van der Waals surface area (Å²) in [6.07, 6.45) is 1.84. The number of carbonyl (C=O) groups excluding carboxylic acids is 1. The van der Waals surface area contributed by atoms with E-state index in [1.54, 1.807) is 13.8 Å². The highest BCUT2D eigenvalue weighted by molar-refractivity contribution is 7.17. The maximum atomic E-state index is 12.1. The molecule has 1 aromatic carbocycles. The molecule has 0 N–H and O–H groups in total. The van der Waals surface area contributed by atoms with Crippen LogP contribution in [0.1, 0.15) is 44.9 Å². The summed E-state index contributed by atoms with van der Waals surface area (Å²) in [5.41, 5.74) is 4.87. The summed E-state index contributed by atoms with van der Waals surface area (Å²) < 4.78 is 12.4. The van der Waals surface area contributed by atoms with E-state index in [2.05, 4.69) is 16.2 Å². The number of rotatable bonds is 5. The molecule has 4 rings (SSSR count). The van der Waals surface area contributed by atoms with Crippen molar-refractivity contribution >= 4 is 28.2 Å². The van der Waals surface area contributed by atoms with Gasteiger partial charge in [0.2, 0.25) is 0 Å². The number of aromatic nitrogens is 3. The number of thiazole rings is 1. The van der Waals surface area contributed by atoms with E-state index in [0.29, 0.717) is 29.3 Å². The van der Waals surface area contributed by atoms with Crippen molar-refractivity contribution < 1.29 is 14.1 Å². The second kappa shape index (κ2) is 7.76. The smallest absolute Gasteiger partial charge is 0.350 e. The zero-order valence-electron chi connectivity index (χ0n) is 17.1. The van der Waals surface area contributed by atoms with Crippen LogP contribution in [0.4, 0.5) is 0 Å². The largest absolute Gasteiger partial charge is 0.462 e. The molecule has 4 aromatic rings. The predicted molar refractivity (Wildman–Crippen MR) is 114 cm³/mol. The lowest BCUT2D eigenvalue weighted by molar-refractivity contribution is 0.0531. The molecule has 0 unspecified atom stereocenters. The normalized spacial score (nSPS) is 11.0. The third-order valence-electron chi connectivity index (χ3n) is 5.02. The van der Waals surface area contributed by atoms with Gasteiger partial charge in [-0.3, -0.25) is 0 Å². The third kappa shape index (κ3) is 3.37. The molecule has 7 nitrogen and oxygen atoms in total. The first-order chi connectivity index (χ1) is 14.4. The van der Waals surface area contributed by atoms with Gasteiger partial charge in [0, 0.05) is 28.2 Å². The van der Waals surface area contributed by atoms with Gasteiger partial charge >= 0.3 is 5.97 Å². The van der Waals surface area contributed by atoms with Crippen molar-refractivity contribution in [2.45, 2.75) is 34.2 Å². The Labute approximate surface area is 177 Å². The molecule has 0 atom stereocenters. The predicted octanol–water partition coefficient (Wildman–Crippen LogP) is 4.77. The second-order valence-corrected chi connectivity index (χ2v) is 7.97. The number of ether oxygens (including phenoxy) is 1. The summed E-state index contributed by atoms with van der Waals surface area (Å²) in [7, 11) is 0. The average Bonchev–Trinajstić information content (AvgIpc) is 3.39. The molecule has 0 aliphatic rings. The molecule has 0 radical (unpaired) electrons. The monoisotopic (exact) mass is 420 g/mol. The molecule has 3 aromatic heterocycles. The van der Waals surface area contributed by atoms with Crippen molar-refractivity contribution in [1.29, 1.82) is 5.26 Å². The molecular weight excluding hydrogens is 400 g/mol. The number of hydrogen-bond acceptors (Lipinski definition) is 7. The van der Waals surface area contributed by atoms with Gasteiger partial charge in [0.15, 0.2) is 0 Å². The minimum atomic E-state index is -0.358. The molecule has 0 fully saturated rings. The number of fused-ring (bicyclic) bond motifs is 1. The van der Waals surface area contributed by atoms with Crippen LogP contribution in [0.5, 0.6) is 0 Å². The van der Waals surface area contributed by atoms with Gasteiger partial charge in [-0.25, -0.2) is 9.78 Å². The SMILES string of the molecule is CCOC(=O)c1sc(-c2ccc3c(c2)c(C#N)cn3Cc2c(C)noc2C)nc1C. The van der Waals surface area contributed by atoms with Gasteiger partial charge in [-0.1, -0.05) is 5.16 Å². The van der Waals surface area contributed by atoms with E-state index in [1.807, 2.05) is 42.8 Å². The Kier molecular flexibility index (Phi) is 5.14. The molecule has 0 amide bonds. The number of carbonyl (C=O) groups is 1. The van der Waals surface area contributed by atoms with Crippen molar-refractivity contribution in [3.63, 3.8) is 0 Å². The van der Waals surface area contributed by atoms with E-state index >= 15 is 0 Å². The van der Waals surface area contributed by atoms with E-state index in [-0.39, 0.29) is 5.97 Å². The number of nitriles is 1. The fourth-order valence-corrected chi connectivity index (χ4v) is 4.41. The lowest BCUT2D eigenvalue weighted by Gasteiger charge is -2.05. The molecule has 0 saturated carbocycles. The first-order valence-electron chi connectivity index (χ1n) is 9.52. The molecule has 0 saturated heterocycles. The third-order valence-corrected chi connectivity index (χ3v) is 6.20. The Morgan fingerprint density at radius 3 is 2.77 bits per heavy atom. The van der Waals surface area contributed by atoms with Gasteiger partial charge in [0.05, 0.1) is 30.1 Å². The second-order valence-electron chi connectivity index (χ2n) is 6.97. The van der Waals surface area contributed by atoms with Crippen molar-refractivity contribution in [2.75, 3.05) is 6.61 Å². The molecule has 30 heavy (non-hydrogen) atoms. The first-order valence-corrected chi connectivity index (χ1v) is 10.3. The molecule has 0 spiro atoms. The number of hydrogen-bond donors (Lipinski definition) is 0. The van der Waals surface area contributed by atoms with Gasteiger partial charge in [-0.05, 0) is 45.9 Å². The van der Waals surface area contributed by atoms with E-state index < -0.39 is 0 Å². The molecule has 0 bridgehead atoms. The van der Waals surface area contributed by atoms with Crippen LogP contribution in [-0.2, 0) is 11.3 Å². The highest BCUT2D eigenvalue weighted by Gasteiger charge is 2.19. The lowest BCUT2D eigenvalue weighted by atomic mass is 10.1. The maximum absolute atomic E-state index is 12.1. The topological polar surface area (TPSA) is 93.9 Å². The Morgan fingerprint density at radius 1 is 1.30 bits per heavy atom. The summed E-state index contributed by atoms with van der Waals surface area (Å²) >= 11 is 1.30. The minimum Gasteiger partial charge on any atom is -0.462 e. The van der Waals surface area contributed by atoms with Gasteiger partial charge < -0.3 is 13.8 Å². The number of benzene rings is 1. The zero-order valence-corrected chi connectivity index (χ0v) is 18.0. The lowest BCUT2D eigenvalue weighted by Crippen LogP contribution is -2.03. The maximum Gasteiger partial charge on any atom is 0.350 e. The van der Waals surface area contributed by atoms with E-state index in [9.17, 15) is 10.1 Å². The first kappa shape index (κ1) is 19.9. The van der Waals surface area contributed by atoms with Gasteiger partial charge in [0.25, 0.3) is 0 Å². The van der Waals surface area contributed by atoms with Crippen molar-refractivity contribution in [1.82, 2.24) is 14.7 Å². The van der Waals surface area contributed by atoms with Crippen LogP contribution in [0.15, 0.2) is 28.9 Å². The Hall–Kier alpha value is -3.44. The van der Waals surface area contributed by atoms with Crippen LogP contribution in [0.2, 0.25) is 0 Å². The van der Waals surface area contributed by atoms with Gasteiger partial charge in [-0.15, -0.1) is 11.3 Å². The van der Waals surface area contributed by atoms with Crippen LogP contribution < -0.4 is 0 Å². The van der Waals surface area contributed by atoms with E-state index in [1.165, 1.54) is 11.3 Å². The molecule has 3 heterocycles. The average molecular weight is 420 g/mol.